The molecule has 0 radical (unpaired) electrons. The zero-order chi connectivity index (χ0) is 15.7. The van der Waals surface area contributed by atoms with Crippen LogP contribution in [0, 0.1) is 5.41 Å². The van der Waals surface area contributed by atoms with Crippen molar-refractivity contribution in [2.45, 2.75) is 40.0 Å². The summed E-state index contributed by atoms with van der Waals surface area (Å²) in [5, 5.41) is 4.45. The average molecular weight is 280 g/mol. The Morgan fingerprint density at radius 3 is 2.30 bits per heavy atom. The van der Waals surface area contributed by atoms with Crippen LogP contribution in [0.1, 0.15) is 50.8 Å². The number of amides is 1. The van der Waals surface area contributed by atoms with Crippen molar-refractivity contribution in [3.63, 3.8) is 0 Å². The summed E-state index contributed by atoms with van der Waals surface area (Å²) in [5.74, 6) is -0.0166. The summed E-state index contributed by atoms with van der Waals surface area (Å²) in [6.45, 7) is 11.5. The molecule has 20 heavy (non-hydrogen) atoms. The minimum Gasteiger partial charge on any atom is -0.340 e. The molecule has 114 valence electrons. The normalized spacial score (nSPS) is 12.6. The van der Waals surface area contributed by atoms with E-state index in [1.807, 2.05) is 20.2 Å². The lowest BCUT2D eigenvalue weighted by Crippen LogP contribution is -2.40. The van der Waals surface area contributed by atoms with Crippen LogP contribution in [-0.2, 0) is 12.5 Å². The number of hydrogen-bond acceptors (Lipinski definition) is 3. The third kappa shape index (κ3) is 3.82. The van der Waals surface area contributed by atoms with Gasteiger partial charge in [-0.25, -0.2) is 0 Å². The molecule has 1 amide bonds. The average Bonchev–Trinajstić information content (AvgIpc) is 2.69. The monoisotopic (exact) mass is 280 g/mol. The van der Waals surface area contributed by atoms with Gasteiger partial charge in [0.1, 0.15) is 5.69 Å². The van der Waals surface area contributed by atoms with Crippen LogP contribution in [0.5, 0.6) is 0 Å². The molecule has 0 fully saturated rings. The predicted octanol–water partition coefficient (Wildman–Crippen LogP) is 1.77. The largest absolute Gasteiger partial charge is 0.340 e. The van der Waals surface area contributed by atoms with E-state index in [2.05, 4.69) is 39.7 Å². The second-order valence-electron chi connectivity index (χ2n) is 7.32. The van der Waals surface area contributed by atoms with E-state index in [1.165, 1.54) is 0 Å². The highest BCUT2D eigenvalue weighted by Crippen LogP contribution is 2.22. The van der Waals surface area contributed by atoms with Crippen LogP contribution in [-0.4, -0.2) is 40.7 Å². The lowest BCUT2D eigenvalue weighted by atomic mass is 9.92. The fourth-order valence-electron chi connectivity index (χ4n) is 2.01. The molecule has 2 N–H and O–H groups in total. The van der Waals surface area contributed by atoms with Crippen LogP contribution in [0.2, 0.25) is 0 Å². The molecule has 1 aromatic heterocycles. The number of aryl methyl sites for hydroxylation is 1. The standard InChI is InChI=1S/C15H28N4O/c1-14(2,3)12-8-11(19(7)17-12)13(20)18(6)10-15(4,5)9-16/h8H,9-10,16H2,1-7H3. The highest BCUT2D eigenvalue weighted by atomic mass is 16.2. The van der Waals surface area contributed by atoms with E-state index >= 15 is 0 Å². The van der Waals surface area contributed by atoms with Crippen molar-refractivity contribution in [3.8, 4) is 0 Å². The molecule has 0 saturated carbocycles. The van der Waals surface area contributed by atoms with Gasteiger partial charge in [0.15, 0.2) is 0 Å². The van der Waals surface area contributed by atoms with Crippen molar-refractivity contribution in [1.82, 2.24) is 14.7 Å². The van der Waals surface area contributed by atoms with Gasteiger partial charge in [0, 0.05) is 26.1 Å². The molecule has 0 atom stereocenters. The Kier molecular flexibility index (Phi) is 4.64. The Labute approximate surface area is 122 Å². The summed E-state index contributed by atoms with van der Waals surface area (Å²) in [7, 11) is 3.62. The van der Waals surface area contributed by atoms with Crippen molar-refractivity contribution in [2.75, 3.05) is 20.1 Å². The fourth-order valence-corrected chi connectivity index (χ4v) is 2.01. The quantitative estimate of drug-likeness (QED) is 0.914. The second kappa shape index (κ2) is 5.56. The zero-order valence-corrected chi connectivity index (χ0v) is 13.8. The molecule has 1 aromatic rings. The molecule has 0 unspecified atom stereocenters. The Hall–Kier alpha value is -1.36. The van der Waals surface area contributed by atoms with Crippen LogP contribution in [0.25, 0.3) is 0 Å². The first-order valence-corrected chi connectivity index (χ1v) is 6.98. The predicted molar refractivity (Wildman–Crippen MR) is 81.7 cm³/mol. The highest BCUT2D eigenvalue weighted by molar-refractivity contribution is 5.92. The van der Waals surface area contributed by atoms with Gasteiger partial charge >= 0.3 is 0 Å². The van der Waals surface area contributed by atoms with Crippen LogP contribution >= 0.6 is 0 Å². The van der Waals surface area contributed by atoms with Crippen LogP contribution in [0.4, 0.5) is 0 Å². The van der Waals surface area contributed by atoms with Crippen molar-refractivity contribution in [1.29, 1.82) is 0 Å². The van der Waals surface area contributed by atoms with Gasteiger partial charge in [-0.3, -0.25) is 9.48 Å². The number of nitrogens with two attached hydrogens (primary N) is 1. The molecule has 0 aliphatic heterocycles. The topological polar surface area (TPSA) is 64.2 Å². The Balaban J connectivity index is 2.96. The molecular weight excluding hydrogens is 252 g/mol. The van der Waals surface area contributed by atoms with E-state index in [-0.39, 0.29) is 16.7 Å². The second-order valence-corrected chi connectivity index (χ2v) is 7.32. The maximum Gasteiger partial charge on any atom is 0.271 e. The maximum atomic E-state index is 12.5. The molecule has 0 saturated heterocycles. The minimum absolute atomic E-state index is 0.0166. The highest BCUT2D eigenvalue weighted by Gasteiger charge is 2.26. The molecule has 0 aliphatic rings. The van der Waals surface area contributed by atoms with E-state index in [0.717, 1.165) is 5.69 Å². The number of rotatable bonds is 4. The summed E-state index contributed by atoms with van der Waals surface area (Å²) in [4.78, 5) is 14.2. The van der Waals surface area contributed by atoms with Gasteiger partial charge in [0.2, 0.25) is 0 Å². The van der Waals surface area contributed by atoms with Gasteiger partial charge in [-0.05, 0) is 18.0 Å². The minimum atomic E-state index is -0.0874. The van der Waals surface area contributed by atoms with Crippen LogP contribution < -0.4 is 5.73 Å². The molecule has 5 nitrogen and oxygen atoms in total. The summed E-state index contributed by atoms with van der Waals surface area (Å²) in [6, 6.07) is 1.88. The van der Waals surface area contributed by atoms with Crippen molar-refractivity contribution in [3.05, 3.63) is 17.5 Å². The molecular formula is C15H28N4O. The first kappa shape index (κ1) is 16.7. The van der Waals surface area contributed by atoms with Crippen molar-refractivity contribution < 1.29 is 4.79 Å². The summed E-state index contributed by atoms with van der Waals surface area (Å²) in [5.41, 5.74) is 7.12. The van der Waals surface area contributed by atoms with E-state index < -0.39 is 0 Å². The fraction of sp³-hybridized carbons (Fsp3) is 0.733. The lowest BCUT2D eigenvalue weighted by Gasteiger charge is -2.28. The Morgan fingerprint density at radius 1 is 1.35 bits per heavy atom. The molecule has 5 heteroatoms. The van der Waals surface area contributed by atoms with Gasteiger partial charge < -0.3 is 10.6 Å². The Morgan fingerprint density at radius 2 is 1.90 bits per heavy atom. The molecule has 1 rings (SSSR count). The van der Waals surface area contributed by atoms with Crippen molar-refractivity contribution >= 4 is 5.91 Å². The summed E-state index contributed by atoms with van der Waals surface area (Å²) in [6.07, 6.45) is 0. The number of carbonyl (C=O) groups excluding carboxylic acids is 1. The number of hydrogen-bond donors (Lipinski definition) is 1. The molecule has 0 spiro atoms. The molecule has 0 aliphatic carbocycles. The van der Waals surface area contributed by atoms with Gasteiger partial charge in [0.25, 0.3) is 5.91 Å². The smallest absolute Gasteiger partial charge is 0.271 e. The van der Waals surface area contributed by atoms with Gasteiger partial charge in [-0.2, -0.15) is 5.10 Å². The van der Waals surface area contributed by atoms with E-state index in [0.29, 0.717) is 18.8 Å². The number of nitrogens with zero attached hydrogens (tertiary/aromatic N) is 3. The molecule has 0 bridgehead atoms. The zero-order valence-electron chi connectivity index (χ0n) is 13.8. The SMILES string of the molecule is CN(CC(C)(C)CN)C(=O)c1cc(C(C)(C)C)nn1C. The summed E-state index contributed by atoms with van der Waals surface area (Å²) < 4.78 is 1.66. The van der Waals surface area contributed by atoms with Gasteiger partial charge in [0.05, 0.1) is 5.69 Å². The van der Waals surface area contributed by atoms with Crippen LogP contribution in [0.15, 0.2) is 6.07 Å². The maximum absolute atomic E-state index is 12.5. The number of carbonyl (C=O) groups is 1. The first-order chi connectivity index (χ1) is 8.98. The Bertz CT molecular complexity index is 483. The van der Waals surface area contributed by atoms with Crippen LogP contribution in [0.3, 0.4) is 0 Å². The third-order valence-electron chi connectivity index (χ3n) is 3.43. The third-order valence-corrected chi connectivity index (χ3v) is 3.43. The molecule has 1 heterocycles. The summed E-state index contributed by atoms with van der Waals surface area (Å²) >= 11 is 0. The van der Waals surface area contributed by atoms with E-state index in [9.17, 15) is 4.79 Å². The lowest BCUT2D eigenvalue weighted by molar-refractivity contribution is 0.0729. The van der Waals surface area contributed by atoms with E-state index in [1.54, 1.807) is 9.58 Å². The van der Waals surface area contributed by atoms with Crippen molar-refractivity contribution in [2.24, 2.45) is 18.2 Å². The van der Waals surface area contributed by atoms with Gasteiger partial charge in [-0.15, -0.1) is 0 Å². The van der Waals surface area contributed by atoms with Gasteiger partial charge in [-0.1, -0.05) is 34.6 Å². The molecule has 0 aromatic carbocycles. The number of aromatic nitrogens is 2. The van der Waals surface area contributed by atoms with E-state index in [4.69, 9.17) is 5.73 Å². The first-order valence-electron chi connectivity index (χ1n) is 6.98.